The zero-order valence-corrected chi connectivity index (χ0v) is 53.3. The van der Waals surface area contributed by atoms with Crippen molar-refractivity contribution in [2.45, 2.75) is 218 Å². The zero-order valence-electron chi connectivity index (χ0n) is 53.3. The lowest BCUT2D eigenvalue weighted by atomic mass is 9.96. The van der Waals surface area contributed by atoms with Gasteiger partial charge < -0.3 is 89.8 Å². The number of allylic oxidation sites excluding steroid dienone is 1. The van der Waals surface area contributed by atoms with Crippen LogP contribution in [0.2, 0.25) is 0 Å². The minimum atomic E-state index is -2.13. The van der Waals surface area contributed by atoms with Gasteiger partial charge in [0.15, 0.2) is 0 Å². The number of hydrogen-bond acceptors (Lipinski definition) is 17. The topological polar surface area (TPSA) is 513 Å². The van der Waals surface area contributed by atoms with Gasteiger partial charge in [0, 0.05) is 25.6 Å². The number of nitrogens with one attached hydrogen (secondary N) is 10. The Labute approximate surface area is 533 Å². The van der Waals surface area contributed by atoms with E-state index in [1.807, 2.05) is 16.7 Å². The summed E-state index contributed by atoms with van der Waals surface area (Å²) in [6, 6.07) is -18.3. The van der Waals surface area contributed by atoms with Gasteiger partial charge in [-0.25, -0.2) is 0 Å². The quantitative estimate of drug-likeness (QED) is 0.0347. The Hall–Kier alpha value is -8.78. The van der Waals surface area contributed by atoms with E-state index >= 15 is 4.79 Å². The molecule has 33 nitrogen and oxygen atoms in total. The SMILES string of the molecule is CC(C)CCCCCCC/C=C\CC(=O)N[C@@H](CC(N)=O)C(=O)N[C@@H]1C(=O)N2CCCC[C@@H]2C(=O)N[C@@H]([C@H](C)C(=O)O)C(=O)N[C@@H](CC(=O)O)C(=O)NCC(=O)N[C@@H](CC(=O)O)C(=O)NCC(=O)N[C@H]([C@@H](C)N)C(=O)N[C@@H](C(C)C)C(=O)N2CCC[C@H]2C(=O)N[C@@H]1C. The molecule has 3 fully saturated rings. The van der Waals surface area contributed by atoms with Crippen molar-refractivity contribution in [2.24, 2.45) is 29.2 Å². The maximum atomic E-state index is 15.2. The number of aliphatic carboxylic acids is 3. The van der Waals surface area contributed by atoms with Crippen molar-refractivity contribution >= 4 is 94.7 Å². The summed E-state index contributed by atoms with van der Waals surface area (Å²) in [4.78, 5) is 219. The van der Waals surface area contributed by atoms with Crippen molar-refractivity contribution in [3.63, 3.8) is 0 Å². The third-order valence-electron chi connectivity index (χ3n) is 15.8. The fraction of sp³-hybridized carbons (Fsp3) is 0.695. The maximum Gasteiger partial charge on any atom is 0.308 e. The van der Waals surface area contributed by atoms with Crippen LogP contribution < -0.4 is 64.6 Å². The Bertz CT molecular complexity index is 2720. The van der Waals surface area contributed by atoms with Gasteiger partial charge in [-0.2, -0.15) is 0 Å². The van der Waals surface area contributed by atoms with Crippen LogP contribution in [0.3, 0.4) is 0 Å². The monoisotopic (exact) mass is 1300 g/mol. The van der Waals surface area contributed by atoms with Gasteiger partial charge in [-0.3, -0.25) is 76.7 Å². The lowest BCUT2D eigenvalue weighted by molar-refractivity contribution is -0.149. The Kier molecular flexibility index (Phi) is 32.1. The highest BCUT2D eigenvalue weighted by Crippen LogP contribution is 2.24. The van der Waals surface area contributed by atoms with E-state index in [4.69, 9.17) is 11.5 Å². The van der Waals surface area contributed by atoms with Gasteiger partial charge >= 0.3 is 17.9 Å². The minimum absolute atomic E-state index is 0.0284. The number of nitrogens with two attached hydrogens (primary N) is 2. The largest absolute Gasteiger partial charge is 0.481 e. The van der Waals surface area contributed by atoms with E-state index in [1.54, 1.807) is 19.9 Å². The van der Waals surface area contributed by atoms with E-state index in [-0.39, 0.29) is 51.6 Å². The standard InChI is InChI=1S/C59H94N14O19/c1-30(2)19-14-12-10-8-9-11-13-15-22-41(75)65-35(25-40(61)74)52(84)71-49-34(7)64-53(85)39-21-18-24-73(39)57(89)46(31(3)4)69-56(88)48(33(6)60)68-43(77)29-63-50(82)36(26-44(78)79)66-42(76)28-62-51(83)37(27-45(80)81)67-55(87)47(32(5)59(91)92)70-54(86)38-20-16-17-23-72(38)58(49)90/h13,15,30-39,46-49H,8-12,14,16-29,60H2,1-7H3,(H2,61,74)(H,62,83)(H,63,82)(H,64,85)(H,65,75)(H,66,76)(H,67,87)(H,68,77)(H,69,88)(H,70,86)(H,71,84)(H,78,79)(H,80,81)(H,91,92)/b15-13-/t32-,33+,34+,35-,36-,37-,38+,39-,46-,47-,48+,49-/m0/s1. The summed E-state index contributed by atoms with van der Waals surface area (Å²) in [6.45, 7) is 8.81. The van der Waals surface area contributed by atoms with Crippen LogP contribution in [-0.4, -0.2) is 212 Å². The number of piperidine rings is 1. The molecule has 12 atom stereocenters. The molecule has 514 valence electrons. The highest BCUT2D eigenvalue weighted by atomic mass is 16.4. The smallest absolute Gasteiger partial charge is 0.308 e. The number of fused-ring (bicyclic) bond motifs is 2. The van der Waals surface area contributed by atoms with Crippen molar-refractivity contribution in [3.8, 4) is 0 Å². The lowest BCUT2D eigenvalue weighted by Gasteiger charge is -2.39. The summed E-state index contributed by atoms with van der Waals surface area (Å²) >= 11 is 0. The molecule has 13 amide bonds. The molecule has 3 heterocycles. The van der Waals surface area contributed by atoms with E-state index in [0.717, 1.165) is 50.3 Å². The second-order valence-corrected chi connectivity index (χ2v) is 24.3. The third kappa shape index (κ3) is 25.5. The zero-order chi connectivity index (χ0) is 69.1. The van der Waals surface area contributed by atoms with Crippen molar-refractivity contribution in [2.75, 3.05) is 26.2 Å². The van der Waals surface area contributed by atoms with Crippen molar-refractivity contribution in [1.82, 2.24) is 63.0 Å². The second-order valence-electron chi connectivity index (χ2n) is 24.3. The van der Waals surface area contributed by atoms with Crippen LogP contribution in [-0.2, 0) is 76.7 Å². The van der Waals surface area contributed by atoms with Crippen LogP contribution in [0.5, 0.6) is 0 Å². The van der Waals surface area contributed by atoms with Crippen LogP contribution in [0, 0.1) is 17.8 Å². The summed E-state index contributed by atoms with van der Waals surface area (Å²) in [5.41, 5.74) is 11.7. The number of amides is 13. The fourth-order valence-corrected chi connectivity index (χ4v) is 10.6. The number of carbonyl (C=O) groups is 16. The second kappa shape index (κ2) is 38.2. The summed E-state index contributed by atoms with van der Waals surface area (Å²) in [7, 11) is 0. The van der Waals surface area contributed by atoms with Crippen LogP contribution in [0.15, 0.2) is 12.2 Å². The molecule has 3 aliphatic heterocycles. The third-order valence-corrected chi connectivity index (χ3v) is 15.8. The minimum Gasteiger partial charge on any atom is -0.481 e. The van der Waals surface area contributed by atoms with E-state index in [2.05, 4.69) is 56.4 Å². The van der Waals surface area contributed by atoms with Gasteiger partial charge in [-0.15, -0.1) is 0 Å². The van der Waals surface area contributed by atoms with Crippen molar-refractivity contribution in [3.05, 3.63) is 12.2 Å². The summed E-state index contributed by atoms with van der Waals surface area (Å²) in [6.07, 6.45) is 7.71. The van der Waals surface area contributed by atoms with Crippen LogP contribution in [0.1, 0.15) is 151 Å². The Balaban J connectivity index is 2.16. The van der Waals surface area contributed by atoms with E-state index in [1.165, 1.54) is 18.7 Å². The van der Waals surface area contributed by atoms with Gasteiger partial charge in [0.1, 0.15) is 54.4 Å². The first-order valence-corrected chi connectivity index (χ1v) is 31.2. The van der Waals surface area contributed by atoms with Crippen molar-refractivity contribution < 1.29 is 92.0 Å². The Morgan fingerprint density at radius 2 is 1.12 bits per heavy atom. The molecule has 0 unspecified atom stereocenters. The Morgan fingerprint density at radius 1 is 0.598 bits per heavy atom. The molecule has 92 heavy (non-hydrogen) atoms. The molecule has 0 aliphatic carbocycles. The average Bonchev–Trinajstić information content (AvgIpc) is 1.26. The molecule has 0 aromatic rings. The molecule has 17 N–H and O–H groups in total. The van der Waals surface area contributed by atoms with E-state index < -0.39 is 205 Å². The maximum absolute atomic E-state index is 15.2. The first-order chi connectivity index (χ1) is 43.2. The number of nitrogens with zero attached hydrogens (tertiary/aromatic N) is 2. The van der Waals surface area contributed by atoms with Crippen LogP contribution in [0.25, 0.3) is 0 Å². The Morgan fingerprint density at radius 3 is 1.68 bits per heavy atom. The predicted octanol–water partition coefficient (Wildman–Crippen LogP) is -3.62. The summed E-state index contributed by atoms with van der Waals surface area (Å²) in [5.74, 6) is -21.1. The molecule has 0 aromatic heterocycles. The normalized spacial score (nSPS) is 25.2. The molecule has 3 aliphatic rings. The molecule has 0 aromatic carbocycles. The number of unbranched alkanes of at least 4 members (excludes halogenated alkanes) is 5. The number of hydrogen-bond donors (Lipinski definition) is 15. The van der Waals surface area contributed by atoms with E-state index in [9.17, 15) is 87.2 Å². The van der Waals surface area contributed by atoms with E-state index in [0.29, 0.717) is 12.3 Å². The first kappa shape index (κ1) is 77.5. The molecule has 3 rings (SSSR count). The molecule has 0 radical (unpaired) electrons. The summed E-state index contributed by atoms with van der Waals surface area (Å²) < 4.78 is 0. The number of primary amides is 1. The lowest BCUT2D eigenvalue weighted by Crippen LogP contribution is -2.66. The summed E-state index contributed by atoms with van der Waals surface area (Å²) in [5, 5.41) is 52.6. The number of rotatable bonds is 23. The molecule has 33 heteroatoms. The van der Waals surface area contributed by atoms with Crippen LogP contribution in [0.4, 0.5) is 0 Å². The average molecular weight is 1300 g/mol. The number of carbonyl (C=O) groups excluding carboxylic acids is 13. The number of carboxylic acid groups (broad SMARTS) is 3. The highest BCUT2D eigenvalue weighted by molar-refractivity contribution is 6.01. The van der Waals surface area contributed by atoms with Gasteiger partial charge in [0.2, 0.25) is 76.8 Å². The van der Waals surface area contributed by atoms with Gasteiger partial charge in [-0.05, 0) is 77.6 Å². The fourth-order valence-electron chi connectivity index (χ4n) is 10.6. The molecule has 0 spiro atoms. The molecule has 0 bridgehead atoms. The van der Waals surface area contributed by atoms with Gasteiger partial charge in [0.05, 0.1) is 44.3 Å². The van der Waals surface area contributed by atoms with Crippen LogP contribution >= 0.6 is 0 Å². The predicted molar refractivity (Wildman–Crippen MR) is 326 cm³/mol. The molecule has 3 saturated heterocycles. The molecular weight excluding hydrogens is 1210 g/mol. The van der Waals surface area contributed by atoms with Crippen molar-refractivity contribution in [1.29, 1.82) is 0 Å². The molecular formula is C59H94N14O19. The first-order valence-electron chi connectivity index (χ1n) is 31.2. The van der Waals surface area contributed by atoms with Gasteiger partial charge in [0.25, 0.3) is 0 Å². The molecule has 0 saturated carbocycles. The van der Waals surface area contributed by atoms with Gasteiger partial charge in [-0.1, -0.05) is 72.0 Å². The number of carboxylic acids is 3. The highest BCUT2D eigenvalue weighted by Gasteiger charge is 2.45.